The fraction of sp³-hybridized carbons (Fsp3) is 0.846. The van der Waals surface area contributed by atoms with Crippen LogP contribution in [-0.4, -0.2) is 64.2 Å². The highest BCUT2D eigenvalue weighted by molar-refractivity contribution is 7.88. The molecular formula is C13H24N6O3S. The number of tetrazole rings is 1. The summed E-state index contributed by atoms with van der Waals surface area (Å²) < 4.78 is 26.5. The van der Waals surface area contributed by atoms with Gasteiger partial charge in [0, 0.05) is 25.6 Å². The molecule has 2 atom stereocenters. The van der Waals surface area contributed by atoms with Crippen LogP contribution in [0.2, 0.25) is 0 Å². The monoisotopic (exact) mass is 344 g/mol. The van der Waals surface area contributed by atoms with Crippen LogP contribution in [0, 0.1) is 18.8 Å². The van der Waals surface area contributed by atoms with Gasteiger partial charge in [-0.1, -0.05) is 13.8 Å². The van der Waals surface area contributed by atoms with Crippen molar-refractivity contribution < 1.29 is 13.2 Å². The normalized spacial score (nSPS) is 22.7. The van der Waals surface area contributed by atoms with E-state index in [4.69, 9.17) is 0 Å². The maximum absolute atomic E-state index is 12.2. The van der Waals surface area contributed by atoms with E-state index in [9.17, 15) is 13.2 Å². The van der Waals surface area contributed by atoms with Gasteiger partial charge in [-0.25, -0.2) is 13.1 Å². The molecule has 1 fully saturated rings. The number of rotatable bonds is 6. The predicted octanol–water partition coefficient (Wildman–Crippen LogP) is -0.596. The van der Waals surface area contributed by atoms with Crippen LogP contribution in [0.1, 0.15) is 26.1 Å². The third-order valence-electron chi connectivity index (χ3n) is 4.26. The van der Waals surface area contributed by atoms with E-state index in [1.54, 1.807) is 11.6 Å². The molecule has 0 radical (unpaired) electrons. The molecule has 0 aromatic carbocycles. The van der Waals surface area contributed by atoms with Gasteiger partial charge in [0.2, 0.25) is 15.9 Å². The lowest BCUT2D eigenvalue weighted by molar-refractivity contribution is -0.122. The van der Waals surface area contributed by atoms with Crippen LogP contribution in [-0.2, 0) is 21.4 Å². The quantitative estimate of drug-likeness (QED) is 0.738. The van der Waals surface area contributed by atoms with Crippen molar-refractivity contribution >= 4 is 15.9 Å². The highest BCUT2D eigenvalue weighted by atomic mass is 32.2. The second-order valence-corrected chi connectivity index (χ2v) is 8.34. The zero-order valence-corrected chi connectivity index (χ0v) is 14.7. The average molecular weight is 344 g/mol. The summed E-state index contributed by atoms with van der Waals surface area (Å²) in [6.45, 7) is 7.04. The van der Waals surface area contributed by atoms with E-state index in [1.807, 2.05) is 13.8 Å². The Morgan fingerprint density at radius 2 is 2.09 bits per heavy atom. The Bertz CT molecular complexity index is 656. The molecule has 130 valence electrons. The molecule has 0 aliphatic carbocycles. The van der Waals surface area contributed by atoms with E-state index in [0.717, 1.165) is 0 Å². The lowest BCUT2D eigenvalue weighted by atomic mass is 9.91. The zero-order valence-electron chi connectivity index (χ0n) is 13.9. The molecule has 0 saturated carbocycles. The Hall–Kier alpha value is -1.55. The molecular weight excluding hydrogens is 320 g/mol. The minimum absolute atomic E-state index is 0.114. The first kappa shape index (κ1) is 17.8. The molecule has 2 heterocycles. The minimum atomic E-state index is -3.24. The number of carbonyl (C=O) groups is 1. The molecule has 1 aliphatic heterocycles. The lowest BCUT2D eigenvalue weighted by Gasteiger charge is -2.22. The predicted molar refractivity (Wildman–Crippen MR) is 83.8 cm³/mol. The van der Waals surface area contributed by atoms with Crippen molar-refractivity contribution in [3.63, 3.8) is 0 Å². The van der Waals surface area contributed by atoms with Gasteiger partial charge in [0.05, 0.1) is 12.8 Å². The van der Waals surface area contributed by atoms with Crippen LogP contribution in [0.4, 0.5) is 0 Å². The SMILES string of the molecule is Cc1nnnn1CCC(=O)N[C@@H]1CN(S(C)(=O)=O)C[C@H]1C(C)C. The molecule has 1 aromatic heterocycles. The van der Waals surface area contributed by atoms with Crippen LogP contribution in [0.3, 0.4) is 0 Å². The zero-order chi connectivity index (χ0) is 17.2. The second kappa shape index (κ2) is 6.91. The summed E-state index contributed by atoms with van der Waals surface area (Å²) in [5, 5.41) is 14.1. The largest absolute Gasteiger partial charge is 0.352 e. The molecule has 1 N–H and O–H groups in total. The van der Waals surface area contributed by atoms with Crippen molar-refractivity contribution in [2.45, 2.75) is 39.8 Å². The number of nitrogens with zero attached hydrogens (tertiary/aromatic N) is 5. The molecule has 9 nitrogen and oxygen atoms in total. The number of carbonyl (C=O) groups excluding carboxylic acids is 1. The molecule has 1 aliphatic rings. The molecule has 1 amide bonds. The van der Waals surface area contributed by atoms with Gasteiger partial charge in [-0.3, -0.25) is 4.79 Å². The number of sulfonamides is 1. The molecule has 10 heteroatoms. The van der Waals surface area contributed by atoms with Crippen molar-refractivity contribution in [2.75, 3.05) is 19.3 Å². The molecule has 1 saturated heterocycles. The highest BCUT2D eigenvalue weighted by Crippen LogP contribution is 2.26. The molecule has 2 rings (SSSR count). The van der Waals surface area contributed by atoms with Gasteiger partial charge in [-0.2, -0.15) is 4.31 Å². The summed E-state index contributed by atoms with van der Waals surface area (Å²) in [6.07, 6.45) is 1.46. The smallest absolute Gasteiger partial charge is 0.222 e. The van der Waals surface area contributed by atoms with Crippen molar-refractivity contribution in [3.05, 3.63) is 5.82 Å². The summed E-state index contributed by atoms with van der Waals surface area (Å²) in [4.78, 5) is 12.2. The minimum Gasteiger partial charge on any atom is -0.352 e. The summed E-state index contributed by atoms with van der Waals surface area (Å²) in [6, 6.07) is -0.160. The van der Waals surface area contributed by atoms with Gasteiger partial charge in [0.1, 0.15) is 5.82 Å². The summed E-state index contributed by atoms with van der Waals surface area (Å²) in [7, 11) is -3.24. The fourth-order valence-corrected chi connectivity index (χ4v) is 3.71. The molecule has 0 unspecified atom stereocenters. The number of nitrogens with one attached hydrogen (secondary N) is 1. The van der Waals surface area contributed by atoms with Crippen LogP contribution in [0.5, 0.6) is 0 Å². The van der Waals surface area contributed by atoms with Crippen molar-refractivity contribution in [1.29, 1.82) is 0 Å². The number of aromatic nitrogens is 4. The second-order valence-electron chi connectivity index (χ2n) is 6.36. The molecule has 1 aromatic rings. The number of amides is 1. The Morgan fingerprint density at radius 3 is 2.61 bits per heavy atom. The molecule has 0 spiro atoms. The molecule has 23 heavy (non-hydrogen) atoms. The highest BCUT2D eigenvalue weighted by Gasteiger charge is 2.39. The van der Waals surface area contributed by atoms with E-state index in [0.29, 0.717) is 25.5 Å². The van der Waals surface area contributed by atoms with Gasteiger partial charge in [0.15, 0.2) is 0 Å². The Balaban J connectivity index is 1.94. The average Bonchev–Trinajstić information content (AvgIpc) is 3.02. The summed E-state index contributed by atoms with van der Waals surface area (Å²) >= 11 is 0. The first-order valence-electron chi connectivity index (χ1n) is 7.65. The van der Waals surface area contributed by atoms with E-state index < -0.39 is 10.0 Å². The van der Waals surface area contributed by atoms with E-state index in [2.05, 4.69) is 20.8 Å². The third-order valence-corrected chi connectivity index (χ3v) is 5.50. The van der Waals surface area contributed by atoms with E-state index >= 15 is 0 Å². The van der Waals surface area contributed by atoms with Gasteiger partial charge in [0.25, 0.3) is 0 Å². The van der Waals surface area contributed by atoms with Crippen LogP contribution in [0.25, 0.3) is 0 Å². The summed E-state index contributed by atoms with van der Waals surface area (Å²) in [5.74, 6) is 0.935. The van der Waals surface area contributed by atoms with Crippen molar-refractivity contribution in [2.24, 2.45) is 11.8 Å². The van der Waals surface area contributed by atoms with E-state index in [1.165, 1.54) is 10.6 Å². The standard InChI is InChI=1S/C13H24N6O3S/c1-9(2)11-7-18(23(4,21)22)8-12(11)14-13(20)5-6-19-10(3)15-16-17-19/h9,11-12H,5-8H2,1-4H3,(H,14,20)/t11-,12+/m0/s1. The fourth-order valence-electron chi connectivity index (χ4n) is 2.83. The van der Waals surface area contributed by atoms with Gasteiger partial charge >= 0.3 is 0 Å². The van der Waals surface area contributed by atoms with Crippen molar-refractivity contribution in [3.8, 4) is 0 Å². The van der Waals surface area contributed by atoms with Crippen LogP contribution in [0.15, 0.2) is 0 Å². The first-order valence-corrected chi connectivity index (χ1v) is 9.50. The third kappa shape index (κ3) is 4.47. The van der Waals surface area contributed by atoms with Crippen LogP contribution >= 0.6 is 0 Å². The maximum atomic E-state index is 12.2. The van der Waals surface area contributed by atoms with Gasteiger partial charge < -0.3 is 5.32 Å². The lowest BCUT2D eigenvalue weighted by Crippen LogP contribution is -2.42. The maximum Gasteiger partial charge on any atom is 0.222 e. The molecule has 0 bridgehead atoms. The number of aryl methyl sites for hydroxylation is 2. The summed E-state index contributed by atoms with van der Waals surface area (Å²) in [5.41, 5.74) is 0. The number of hydrogen-bond donors (Lipinski definition) is 1. The van der Waals surface area contributed by atoms with Gasteiger partial charge in [-0.05, 0) is 29.2 Å². The topological polar surface area (TPSA) is 110 Å². The Kier molecular flexibility index (Phi) is 5.35. The number of hydrogen-bond acceptors (Lipinski definition) is 6. The Labute approximate surface area is 136 Å². The van der Waals surface area contributed by atoms with E-state index in [-0.39, 0.29) is 30.2 Å². The Morgan fingerprint density at radius 1 is 1.39 bits per heavy atom. The first-order chi connectivity index (χ1) is 10.7. The van der Waals surface area contributed by atoms with Gasteiger partial charge in [-0.15, -0.1) is 5.10 Å². The van der Waals surface area contributed by atoms with Crippen LogP contribution < -0.4 is 5.32 Å². The van der Waals surface area contributed by atoms with Crippen molar-refractivity contribution in [1.82, 2.24) is 29.8 Å².